The summed E-state index contributed by atoms with van der Waals surface area (Å²) in [4.78, 5) is 25.0. The zero-order valence-corrected chi connectivity index (χ0v) is 19.0. The molecule has 1 aliphatic carbocycles. The van der Waals surface area contributed by atoms with Gasteiger partial charge in [0.1, 0.15) is 12.2 Å². The standard InChI is InChI=1S/C23H29FN6O2/c1-22(2)18(20-27-21(32-28-20)15-6-9-26-10-7-15)5-8-23(22,3)29(4)14-19(31)30-13-16(24)11-17(30)12-25/h6-7,9-10,16-18H,5,8,11,13-14H2,1-4H3/t16-,17-,18+,23-/m0/s1. The Morgan fingerprint density at radius 1 is 1.38 bits per heavy atom. The van der Waals surface area contributed by atoms with Crippen LogP contribution in [0.15, 0.2) is 29.0 Å². The molecule has 2 aliphatic rings. The first-order valence-electron chi connectivity index (χ1n) is 11.0. The van der Waals surface area contributed by atoms with Gasteiger partial charge in [0.25, 0.3) is 5.89 Å². The Kier molecular flexibility index (Phi) is 5.76. The lowest BCUT2D eigenvalue weighted by Crippen LogP contribution is -2.55. The number of carbonyl (C=O) groups is 1. The Bertz CT molecular complexity index is 1020. The number of halogens is 1. The molecule has 0 radical (unpaired) electrons. The number of hydrogen-bond acceptors (Lipinski definition) is 7. The summed E-state index contributed by atoms with van der Waals surface area (Å²) in [5.74, 6) is 0.972. The van der Waals surface area contributed by atoms with Crippen molar-refractivity contribution in [2.24, 2.45) is 5.41 Å². The second-order valence-corrected chi connectivity index (χ2v) is 9.66. The van der Waals surface area contributed by atoms with Gasteiger partial charge in [0.2, 0.25) is 5.91 Å². The molecule has 1 saturated heterocycles. The van der Waals surface area contributed by atoms with Gasteiger partial charge < -0.3 is 9.42 Å². The maximum atomic E-state index is 13.8. The average Bonchev–Trinajstić information content (AvgIpc) is 3.45. The normalized spacial score (nSPS) is 29.4. The zero-order valence-electron chi connectivity index (χ0n) is 19.0. The third-order valence-corrected chi connectivity index (χ3v) is 7.79. The number of likely N-dealkylation sites (tertiary alicyclic amines) is 1. The fourth-order valence-electron chi connectivity index (χ4n) is 5.26. The molecule has 4 rings (SSSR count). The molecule has 4 atom stereocenters. The Labute approximate surface area is 187 Å². The van der Waals surface area contributed by atoms with Gasteiger partial charge >= 0.3 is 0 Å². The van der Waals surface area contributed by atoms with Gasteiger partial charge in [-0.1, -0.05) is 19.0 Å². The fourth-order valence-corrected chi connectivity index (χ4v) is 5.26. The Hall–Kier alpha value is -2.86. The van der Waals surface area contributed by atoms with Crippen molar-refractivity contribution >= 4 is 5.91 Å². The number of aromatic nitrogens is 3. The van der Waals surface area contributed by atoms with Crippen molar-refractivity contribution in [2.45, 2.75) is 63.7 Å². The quantitative estimate of drug-likeness (QED) is 0.704. The third-order valence-electron chi connectivity index (χ3n) is 7.79. The topological polar surface area (TPSA) is 99.2 Å². The van der Waals surface area contributed by atoms with Crippen LogP contribution in [-0.2, 0) is 4.79 Å². The summed E-state index contributed by atoms with van der Waals surface area (Å²) in [5.41, 5.74) is 0.245. The molecule has 2 aromatic heterocycles. The van der Waals surface area contributed by atoms with Crippen molar-refractivity contribution < 1.29 is 13.7 Å². The summed E-state index contributed by atoms with van der Waals surface area (Å²) < 4.78 is 19.3. The first kappa shape index (κ1) is 22.3. The molecule has 3 heterocycles. The molecule has 32 heavy (non-hydrogen) atoms. The predicted molar refractivity (Wildman–Crippen MR) is 115 cm³/mol. The van der Waals surface area contributed by atoms with E-state index in [9.17, 15) is 14.4 Å². The number of pyridine rings is 1. The van der Waals surface area contributed by atoms with E-state index in [4.69, 9.17) is 4.52 Å². The number of likely N-dealkylation sites (N-methyl/N-ethyl adjacent to an activating group) is 1. The van der Waals surface area contributed by atoms with Gasteiger partial charge in [0.15, 0.2) is 5.82 Å². The molecule has 1 saturated carbocycles. The number of amides is 1. The van der Waals surface area contributed by atoms with E-state index in [-0.39, 0.29) is 42.3 Å². The minimum atomic E-state index is -1.13. The van der Waals surface area contributed by atoms with Gasteiger partial charge in [-0.3, -0.25) is 14.7 Å². The van der Waals surface area contributed by atoms with Gasteiger partial charge in [0.05, 0.1) is 19.2 Å². The molecule has 0 bridgehead atoms. The SMILES string of the molecule is CN(CC(=O)N1C[C@@H](F)C[C@H]1C#N)[C@@]1(C)CC[C@H](c2noc(-c3ccncc3)n2)C1(C)C. The first-order chi connectivity index (χ1) is 15.2. The number of hydrogen-bond donors (Lipinski definition) is 0. The molecule has 8 nitrogen and oxygen atoms in total. The molecule has 1 aliphatic heterocycles. The molecule has 0 spiro atoms. The van der Waals surface area contributed by atoms with E-state index >= 15 is 0 Å². The van der Waals surface area contributed by atoms with Crippen LogP contribution in [0.1, 0.15) is 51.8 Å². The maximum Gasteiger partial charge on any atom is 0.258 e. The van der Waals surface area contributed by atoms with Crippen LogP contribution in [0.25, 0.3) is 11.5 Å². The van der Waals surface area contributed by atoms with E-state index in [1.54, 1.807) is 12.4 Å². The minimum absolute atomic E-state index is 0.00568. The summed E-state index contributed by atoms with van der Waals surface area (Å²) in [7, 11) is 1.92. The molecule has 0 unspecified atom stereocenters. The average molecular weight is 441 g/mol. The fraction of sp³-hybridized carbons (Fsp3) is 0.609. The van der Waals surface area contributed by atoms with Crippen molar-refractivity contribution in [1.29, 1.82) is 5.26 Å². The highest BCUT2D eigenvalue weighted by Crippen LogP contribution is 2.56. The largest absolute Gasteiger partial charge is 0.334 e. The summed E-state index contributed by atoms with van der Waals surface area (Å²) in [6, 6.07) is 5.03. The Balaban J connectivity index is 1.50. The van der Waals surface area contributed by atoms with Crippen molar-refractivity contribution in [3.8, 4) is 17.5 Å². The van der Waals surface area contributed by atoms with Gasteiger partial charge in [-0.25, -0.2) is 4.39 Å². The summed E-state index contributed by atoms with van der Waals surface area (Å²) in [5, 5.41) is 13.5. The second-order valence-electron chi connectivity index (χ2n) is 9.66. The highest BCUT2D eigenvalue weighted by Gasteiger charge is 2.56. The van der Waals surface area contributed by atoms with Crippen LogP contribution >= 0.6 is 0 Å². The van der Waals surface area contributed by atoms with E-state index in [2.05, 4.69) is 42.0 Å². The van der Waals surface area contributed by atoms with E-state index in [0.717, 1.165) is 18.4 Å². The molecule has 9 heteroatoms. The van der Waals surface area contributed by atoms with E-state index in [1.807, 2.05) is 24.1 Å². The molecule has 1 amide bonds. The summed E-state index contributed by atoms with van der Waals surface area (Å²) in [6.45, 7) is 6.60. The van der Waals surface area contributed by atoms with Crippen LogP contribution in [0, 0.1) is 16.7 Å². The number of alkyl halides is 1. The van der Waals surface area contributed by atoms with Crippen LogP contribution in [0.4, 0.5) is 4.39 Å². The zero-order chi connectivity index (χ0) is 23.1. The van der Waals surface area contributed by atoms with Gasteiger partial charge in [0, 0.05) is 35.8 Å². The Morgan fingerprint density at radius 3 is 2.78 bits per heavy atom. The maximum absolute atomic E-state index is 13.8. The lowest BCUT2D eigenvalue weighted by atomic mass is 9.70. The van der Waals surface area contributed by atoms with Gasteiger partial charge in [-0.15, -0.1) is 0 Å². The van der Waals surface area contributed by atoms with Crippen molar-refractivity contribution in [3.63, 3.8) is 0 Å². The van der Waals surface area contributed by atoms with Gasteiger partial charge in [-0.2, -0.15) is 10.2 Å². The predicted octanol–water partition coefficient (Wildman–Crippen LogP) is 3.19. The molecule has 0 N–H and O–H groups in total. The van der Waals surface area contributed by atoms with Crippen molar-refractivity contribution in [2.75, 3.05) is 20.1 Å². The van der Waals surface area contributed by atoms with Crippen LogP contribution in [0.5, 0.6) is 0 Å². The summed E-state index contributed by atoms with van der Waals surface area (Å²) in [6.07, 6.45) is 4.03. The lowest BCUT2D eigenvalue weighted by molar-refractivity contribution is -0.134. The third kappa shape index (κ3) is 3.66. The molecule has 2 aromatic rings. The van der Waals surface area contributed by atoms with Crippen LogP contribution in [-0.4, -0.2) is 68.7 Å². The molecule has 2 fully saturated rings. The summed E-state index contributed by atoms with van der Waals surface area (Å²) >= 11 is 0. The number of nitrogens with zero attached hydrogens (tertiary/aromatic N) is 6. The smallest absolute Gasteiger partial charge is 0.258 e. The number of rotatable bonds is 5. The molecule has 0 aromatic carbocycles. The lowest BCUT2D eigenvalue weighted by Gasteiger charge is -2.47. The highest BCUT2D eigenvalue weighted by atomic mass is 19.1. The Morgan fingerprint density at radius 2 is 2.09 bits per heavy atom. The van der Waals surface area contributed by atoms with Crippen LogP contribution < -0.4 is 0 Å². The van der Waals surface area contributed by atoms with E-state index in [1.165, 1.54) is 4.90 Å². The molecular formula is C23H29FN6O2. The number of carbonyl (C=O) groups excluding carboxylic acids is 1. The highest BCUT2D eigenvalue weighted by molar-refractivity contribution is 5.79. The van der Waals surface area contributed by atoms with Crippen LogP contribution in [0.2, 0.25) is 0 Å². The van der Waals surface area contributed by atoms with Gasteiger partial charge in [-0.05, 0) is 44.4 Å². The second kappa shape index (κ2) is 8.24. The van der Waals surface area contributed by atoms with Crippen molar-refractivity contribution in [1.82, 2.24) is 24.9 Å². The van der Waals surface area contributed by atoms with Crippen LogP contribution in [0.3, 0.4) is 0 Å². The minimum Gasteiger partial charge on any atom is -0.334 e. The van der Waals surface area contributed by atoms with E-state index in [0.29, 0.717) is 11.7 Å². The van der Waals surface area contributed by atoms with Crippen molar-refractivity contribution in [3.05, 3.63) is 30.4 Å². The molecule has 170 valence electrons. The monoisotopic (exact) mass is 440 g/mol. The number of nitriles is 1. The van der Waals surface area contributed by atoms with E-state index < -0.39 is 12.2 Å². The molecular weight excluding hydrogens is 411 g/mol. The first-order valence-corrected chi connectivity index (χ1v) is 11.0.